The lowest BCUT2D eigenvalue weighted by Crippen LogP contribution is -2.14. The number of nitrogen functional groups attached to an aromatic ring is 1. The third-order valence-electron chi connectivity index (χ3n) is 1.70. The summed E-state index contributed by atoms with van der Waals surface area (Å²) >= 11 is 0. The standard InChI is InChI=1S/C7H10N6/c1-12(2)7-9-3-5-6(11-7)13(8)4-10-5/h3-4H,8H2,1-2H3. The first-order chi connectivity index (χ1) is 6.18. The van der Waals surface area contributed by atoms with Gasteiger partial charge in [-0.25, -0.2) is 14.6 Å². The van der Waals surface area contributed by atoms with Crippen LogP contribution in [0.15, 0.2) is 12.5 Å². The lowest BCUT2D eigenvalue weighted by Gasteiger charge is -2.08. The summed E-state index contributed by atoms with van der Waals surface area (Å²) in [4.78, 5) is 14.2. The molecule has 0 aliphatic heterocycles. The van der Waals surface area contributed by atoms with Crippen molar-refractivity contribution in [3.05, 3.63) is 12.5 Å². The van der Waals surface area contributed by atoms with Crippen LogP contribution in [0.4, 0.5) is 5.95 Å². The van der Waals surface area contributed by atoms with E-state index in [9.17, 15) is 0 Å². The second kappa shape index (κ2) is 2.58. The average Bonchev–Trinajstić information content (AvgIpc) is 2.47. The van der Waals surface area contributed by atoms with Crippen LogP contribution in [0.3, 0.4) is 0 Å². The van der Waals surface area contributed by atoms with Crippen molar-refractivity contribution in [2.45, 2.75) is 0 Å². The third kappa shape index (κ3) is 1.16. The van der Waals surface area contributed by atoms with E-state index in [-0.39, 0.29) is 0 Å². The second-order valence-electron chi connectivity index (χ2n) is 2.93. The first-order valence-electron chi connectivity index (χ1n) is 3.81. The summed E-state index contributed by atoms with van der Waals surface area (Å²) in [6.45, 7) is 0. The molecule has 0 saturated carbocycles. The summed E-state index contributed by atoms with van der Waals surface area (Å²) in [6.07, 6.45) is 3.17. The van der Waals surface area contributed by atoms with Crippen LogP contribution >= 0.6 is 0 Å². The fourth-order valence-corrected chi connectivity index (χ4v) is 1.03. The lowest BCUT2D eigenvalue weighted by molar-refractivity contribution is 0.976. The Kier molecular flexibility index (Phi) is 1.54. The summed E-state index contributed by atoms with van der Waals surface area (Å²) in [5, 5.41) is 0. The van der Waals surface area contributed by atoms with Crippen LogP contribution < -0.4 is 10.7 Å². The van der Waals surface area contributed by atoms with E-state index in [1.165, 1.54) is 11.0 Å². The molecule has 0 aromatic carbocycles. The molecule has 0 fully saturated rings. The molecule has 2 rings (SSSR count). The van der Waals surface area contributed by atoms with Crippen molar-refractivity contribution in [2.24, 2.45) is 0 Å². The minimum absolute atomic E-state index is 0.625. The SMILES string of the molecule is CN(C)c1ncc2ncn(N)c2n1. The van der Waals surface area contributed by atoms with Crippen LogP contribution in [-0.2, 0) is 0 Å². The first kappa shape index (κ1) is 7.78. The smallest absolute Gasteiger partial charge is 0.226 e. The topological polar surface area (TPSA) is 72.9 Å². The van der Waals surface area contributed by atoms with Crippen LogP contribution in [-0.4, -0.2) is 33.7 Å². The Labute approximate surface area is 75.0 Å². The molecule has 0 aliphatic carbocycles. The number of hydrogen-bond donors (Lipinski definition) is 1. The van der Waals surface area contributed by atoms with E-state index < -0.39 is 0 Å². The Bertz CT molecular complexity index is 431. The molecule has 0 spiro atoms. The predicted octanol–water partition coefficient (Wildman–Crippen LogP) is -0.394. The van der Waals surface area contributed by atoms with Gasteiger partial charge in [0.1, 0.15) is 11.8 Å². The molecular formula is C7H10N6. The molecule has 2 heterocycles. The van der Waals surface area contributed by atoms with E-state index in [1.54, 1.807) is 6.20 Å². The lowest BCUT2D eigenvalue weighted by atomic mass is 10.5. The quantitative estimate of drug-likeness (QED) is 0.602. The molecule has 13 heavy (non-hydrogen) atoms. The van der Waals surface area contributed by atoms with Crippen molar-refractivity contribution in [1.29, 1.82) is 0 Å². The van der Waals surface area contributed by atoms with Gasteiger partial charge in [-0.15, -0.1) is 0 Å². The monoisotopic (exact) mass is 178 g/mol. The largest absolute Gasteiger partial charge is 0.347 e. The van der Waals surface area contributed by atoms with Crippen LogP contribution in [0, 0.1) is 0 Å². The molecule has 0 bridgehead atoms. The minimum atomic E-state index is 0.625. The molecule has 0 atom stereocenters. The van der Waals surface area contributed by atoms with Crippen molar-refractivity contribution < 1.29 is 0 Å². The van der Waals surface area contributed by atoms with Crippen molar-refractivity contribution in [3.63, 3.8) is 0 Å². The summed E-state index contributed by atoms with van der Waals surface area (Å²) in [5.41, 5.74) is 1.34. The summed E-state index contributed by atoms with van der Waals surface area (Å²) in [7, 11) is 3.75. The van der Waals surface area contributed by atoms with Gasteiger partial charge in [0.2, 0.25) is 5.95 Å². The highest BCUT2D eigenvalue weighted by Gasteiger charge is 2.05. The molecule has 6 nitrogen and oxygen atoms in total. The highest BCUT2D eigenvalue weighted by Crippen LogP contribution is 2.09. The molecule has 0 radical (unpaired) electrons. The van der Waals surface area contributed by atoms with E-state index in [2.05, 4.69) is 15.0 Å². The predicted molar refractivity (Wildman–Crippen MR) is 49.8 cm³/mol. The zero-order valence-electron chi connectivity index (χ0n) is 7.47. The van der Waals surface area contributed by atoms with Crippen molar-refractivity contribution in [1.82, 2.24) is 19.6 Å². The molecule has 0 saturated heterocycles. The van der Waals surface area contributed by atoms with E-state index >= 15 is 0 Å². The molecule has 6 heteroatoms. The van der Waals surface area contributed by atoms with Gasteiger partial charge in [0.05, 0.1) is 6.20 Å². The second-order valence-corrected chi connectivity index (χ2v) is 2.93. The van der Waals surface area contributed by atoms with Crippen molar-refractivity contribution >= 4 is 17.1 Å². The number of fused-ring (bicyclic) bond motifs is 1. The van der Waals surface area contributed by atoms with Gasteiger partial charge in [-0.2, -0.15) is 4.98 Å². The van der Waals surface area contributed by atoms with Gasteiger partial charge in [-0.05, 0) is 0 Å². The van der Waals surface area contributed by atoms with Crippen LogP contribution in [0.1, 0.15) is 0 Å². The molecule has 68 valence electrons. The summed E-state index contributed by atoms with van der Waals surface area (Å²) < 4.78 is 1.38. The molecule has 2 N–H and O–H groups in total. The maximum absolute atomic E-state index is 5.59. The number of nitrogens with two attached hydrogens (primary N) is 1. The van der Waals surface area contributed by atoms with Crippen molar-refractivity contribution in [3.8, 4) is 0 Å². The van der Waals surface area contributed by atoms with Gasteiger partial charge in [0.15, 0.2) is 5.65 Å². The number of anilines is 1. The zero-order chi connectivity index (χ0) is 9.42. The Hall–Kier alpha value is -1.85. The first-order valence-corrected chi connectivity index (χ1v) is 3.81. The normalized spacial score (nSPS) is 10.6. The third-order valence-corrected chi connectivity index (χ3v) is 1.70. The maximum atomic E-state index is 5.59. The van der Waals surface area contributed by atoms with Gasteiger partial charge in [0.25, 0.3) is 0 Å². The summed E-state index contributed by atoms with van der Waals surface area (Å²) in [5.74, 6) is 6.22. The highest BCUT2D eigenvalue weighted by atomic mass is 15.3. The van der Waals surface area contributed by atoms with Gasteiger partial charge < -0.3 is 10.7 Å². The van der Waals surface area contributed by atoms with E-state index in [1.807, 2.05) is 19.0 Å². The number of imidazole rings is 1. The fourth-order valence-electron chi connectivity index (χ4n) is 1.03. The highest BCUT2D eigenvalue weighted by molar-refractivity contribution is 5.70. The minimum Gasteiger partial charge on any atom is -0.347 e. The fraction of sp³-hybridized carbons (Fsp3) is 0.286. The van der Waals surface area contributed by atoms with Crippen LogP contribution in [0.5, 0.6) is 0 Å². The van der Waals surface area contributed by atoms with Gasteiger partial charge in [-0.3, -0.25) is 0 Å². The molecule has 0 aliphatic rings. The number of aromatic nitrogens is 4. The van der Waals surface area contributed by atoms with Gasteiger partial charge in [-0.1, -0.05) is 0 Å². The van der Waals surface area contributed by atoms with Gasteiger partial charge >= 0.3 is 0 Å². The van der Waals surface area contributed by atoms with E-state index in [4.69, 9.17) is 5.84 Å². The van der Waals surface area contributed by atoms with Crippen LogP contribution in [0.25, 0.3) is 11.2 Å². The Morgan fingerprint density at radius 1 is 1.38 bits per heavy atom. The van der Waals surface area contributed by atoms with Gasteiger partial charge in [0, 0.05) is 14.1 Å². The zero-order valence-corrected chi connectivity index (χ0v) is 7.47. The number of rotatable bonds is 1. The molecular weight excluding hydrogens is 168 g/mol. The number of nitrogens with zero attached hydrogens (tertiary/aromatic N) is 5. The Morgan fingerprint density at radius 2 is 2.15 bits per heavy atom. The molecule has 2 aromatic rings. The molecule has 0 amide bonds. The number of hydrogen-bond acceptors (Lipinski definition) is 5. The van der Waals surface area contributed by atoms with E-state index in [0.29, 0.717) is 17.1 Å². The summed E-state index contributed by atoms with van der Waals surface area (Å²) in [6, 6.07) is 0. The Morgan fingerprint density at radius 3 is 2.85 bits per heavy atom. The van der Waals surface area contributed by atoms with E-state index in [0.717, 1.165) is 0 Å². The average molecular weight is 178 g/mol. The molecule has 2 aromatic heterocycles. The van der Waals surface area contributed by atoms with Crippen LogP contribution in [0.2, 0.25) is 0 Å². The Balaban J connectivity index is 2.66. The maximum Gasteiger partial charge on any atom is 0.226 e. The molecule has 0 unspecified atom stereocenters. The van der Waals surface area contributed by atoms with Crippen molar-refractivity contribution in [2.75, 3.05) is 24.8 Å².